The standard InChI is InChI=1S/C27H29N3O4S2/c1-33-20-12-11-17(15-21(20)34-2)13-14-30-26(32)25-24(19-9-5-6-10-22(19)36-25)29-27(30)35-16-23(31)28-18-7-3-4-8-18/h5-6,9-12,15,18H,3-4,7-8,13-14,16H2,1-2H3,(H,28,31). The monoisotopic (exact) mass is 523 g/mol. The van der Waals surface area contributed by atoms with Gasteiger partial charge < -0.3 is 14.8 Å². The summed E-state index contributed by atoms with van der Waals surface area (Å²) in [4.78, 5) is 31.2. The number of hydrogen-bond donors (Lipinski definition) is 1. The van der Waals surface area contributed by atoms with Crippen LogP contribution in [0.15, 0.2) is 52.4 Å². The van der Waals surface area contributed by atoms with Gasteiger partial charge in [-0.3, -0.25) is 14.2 Å². The fourth-order valence-corrected chi connectivity index (χ4v) is 6.63. The van der Waals surface area contributed by atoms with Crippen LogP contribution in [0.3, 0.4) is 0 Å². The average molecular weight is 524 g/mol. The molecule has 0 spiro atoms. The maximum Gasteiger partial charge on any atom is 0.272 e. The van der Waals surface area contributed by atoms with Crippen molar-refractivity contribution in [1.29, 1.82) is 0 Å². The fourth-order valence-electron chi connectivity index (χ4n) is 4.71. The molecule has 2 aromatic heterocycles. The van der Waals surface area contributed by atoms with Crippen LogP contribution >= 0.6 is 23.1 Å². The Bertz CT molecular complexity index is 1460. The molecule has 5 rings (SSSR count). The van der Waals surface area contributed by atoms with Crippen LogP contribution in [0.2, 0.25) is 0 Å². The van der Waals surface area contributed by atoms with Crippen LogP contribution in [0.5, 0.6) is 11.5 Å². The minimum Gasteiger partial charge on any atom is -0.493 e. The van der Waals surface area contributed by atoms with E-state index in [0.29, 0.717) is 39.8 Å². The van der Waals surface area contributed by atoms with Gasteiger partial charge in [0.1, 0.15) is 4.70 Å². The summed E-state index contributed by atoms with van der Waals surface area (Å²) in [6.07, 6.45) is 5.02. The van der Waals surface area contributed by atoms with Gasteiger partial charge in [0.25, 0.3) is 5.56 Å². The lowest BCUT2D eigenvalue weighted by Gasteiger charge is -2.14. The fraction of sp³-hybridized carbons (Fsp3) is 0.370. The summed E-state index contributed by atoms with van der Waals surface area (Å²) in [6.45, 7) is 0.443. The first kappa shape index (κ1) is 24.6. The molecule has 2 heterocycles. The number of rotatable bonds is 9. The van der Waals surface area contributed by atoms with Crippen LogP contribution in [0.25, 0.3) is 20.3 Å². The zero-order valence-corrected chi connectivity index (χ0v) is 22.0. The zero-order chi connectivity index (χ0) is 25.1. The Morgan fingerprint density at radius 1 is 1.14 bits per heavy atom. The van der Waals surface area contributed by atoms with Crippen molar-refractivity contribution in [3.05, 3.63) is 58.4 Å². The number of carbonyl (C=O) groups excluding carboxylic acids is 1. The molecule has 7 nitrogen and oxygen atoms in total. The van der Waals surface area contributed by atoms with E-state index in [1.165, 1.54) is 23.1 Å². The molecule has 1 amide bonds. The zero-order valence-electron chi connectivity index (χ0n) is 20.4. The number of fused-ring (bicyclic) bond motifs is 3. The second kappa shape index (κ2) is 10.9. The van der Waals surface area contributed by atoms with Crippen LogP contribution in [0, 0.1) is 0 Å². The summed E-state index contributed by atoms with van der Waals surface area (Å²) < 4.78 is 14.2. The third kappa shape index (κ3) is 5.08. The third-order valence-electron chi connectivity index (χ3n) is 6.57. The van der Waals surface area contributed by atoms with E-state index in [1.54, 1.807) is 18.8 Å². The van der Waals surface area contributed by atoms with Crippen molar-refractivity contribution in [2.24, 2.45) is 0 Å². The number of carbonyl (C=O) groups is 1. The van der Waals surface area contributed by atoms with Gasteiger partial charge in [0.15, 0.2) is 16.7 Å². The number of aryl methyl sites for hydroxylation is 1. The molecule has 1 fully saturated rings. The number of methoxy groups -OCH3 is 2. The Hall–Kier alpha value is -3.04. The molecule has 1 aliphatic carbocycles. The molecule has 188 valence electrons. The third-order valence-corrected chi connectivity index (χ3v) is 8.70. The average Bonchev–Trinajstić information content (AvgIpc) is 3.54. The Morgan fingerprint density at radius 2 is 1.92 bits per heavy atom. The van der Waals surface area contributed by atoms with E-state index in [4.69, 9.17) is 14.5 Å². The highest BCUT2D eigenvalue weighted by molar-refractivity contribution is 7.99. The van der Waals surface area contributed by atoms with Crippen LogP contribution in [-0.4, -0.2) is 41.5 Å². The molecule has 1 aliphatic rings. The van der Waals surface area contributed by atoms with E-state index >= 15 is 0 Å². The van der Waals surface area contributed by atoms with Crippen LogP contribution in [-0.2, 0) is 17.8 Å². The Labute approximate surface area is 217 Å². The van der Waals surface area contributed by atoms with Gasteiger partial charge in [-0.05, 0) is 43.0 Å². The molecule has 36 heavy (non-hydrogen) atoms. The van der Waals surface area contributed by atoms with E-state index in [2.05, 4.69) is 5.32 Å². The number of aromatic nitrogens is 2. The largest absolute Gasteiger partial charge is 0.493 e. The van der Waals surface area contributed by atoms with E-state index in [1.807, 2.05) is 42.5 Å². The molecule has 0 bridgehead atoms. The lowest BCUT2D eigenvalue weighted by molar-refractivity contribution is -0.119. The van der Waals surface area contributed by atoms with Gasteiger partial charge in [-0.2, -0.15) is 0 Å². The van der Waals surface area contributed by atoms with Gasteiger partial charge >= 0.3 is 0 Å². The SMILES string of the molecule is COc1ccc(CCn2c(SCC(=O)NC3CCCC3)nc3c(sc4ccccc43)c2=O)cc1OC. The normalized spacial score (nSPS) is 13.9. The molecule has 0 unspecified atom stereocenters. The number of ether oxygens (including phenoxy) is 2. The van der Waals surface area contributed by atoms with Gasteiger partial charge in [-0.1, -0.05) is 48.9 Å². The number of nitrogens with one attached hydrogen (secondary N) is 1. The molecule has 4 aromatic rings. The number of thiophene rings is 1. The van der Waals surface area contributed by atoms with Gasteiger partial charge in [-0.15, -0.1) is 11.3 Å². The number of nitrogens with zero attached hydrogens (tertiary/aromatic N) is 2. The summed E-state index contributed by atoms with van der Waals surface area (Å²) in [5.41, 5.74) is 1.66. The molecule has 1 N–H and O–H groups in total. The summed E-state index contributed by atoms with van der Waals surface area (Å²) in [5.74, 6) is 1.53. The van der Waals surface area contributed by atoms with Crippen LogP contribution < -0.4 is 20.3 Å². The van der Waals surface area contributed by atoms with Crippen molar-refractivity contribution in [2.45, 2.75) is 49.8 Å². The van der Waals surface area contributed by atoms with Gasteiger partial charge in [0.05, 0.1) is 25.5 Å². The quantitative estimate of drug-likeness (QED) is 0.245. The van der Waals surface area contributed by atoms with E-state index in [-0.39, 0.29) is 23.3 Å². The Balaban J connectivity index is 1.45. The van der Waals surface area contributed by atoms with Gasteiger partial charge in [0, 0.05) is 22.7 Å². The number of amides is 1. The van der Waals surface area contributed by atoms with Gasteiger partial charge in [0.2, 0.25) is 5.91 Å². The van der Waals surface area contributed by atoms with Crippen LogP contribution in [0.4, 0.5) is 0 Å². The van der Waals surface area contributed by atoms with E-state index < -0.39 is 0 Å². The molecule has 9 heteroatoms. The first-order valence-electron chi connectivity index (χ1n) is 12.1. The Morgan fingerprint density at radius 3 is 2.69 bits per heavy atom. The second-order valence-corrected chi connectivity index (χ2v) is 10.9. The van der Waals surface area contributed by atoms with Crippen molar-refractivity contribution >= 4 is 49.3 Å². The van der Waals surface area contributed by atoms with Crippen molar-refractivity contribution in [3.8, 4) is 11.5 Å². The number of hydrogen-bond acceptors (Lipinski definition) is 7. The smallest absolute Gasteiger partial charge is 0.272 e. The highest BCUT2D eigenvalue weighted by atomic mass is 32.2. The minimum absolute atomic E-state index is 0.0112. The molecule has 0 aliphatic heterocycles. The second-order valence-electron chi connectivity index (χ2n) is 8.90. The highest BCUT2D eigenvalue weighted by Gasteiger charge is 2.20. The summed E-state index contributed by atoms with van der Waals surface area (Å²) in [6, 6.07) is 14.0. The molecule has 2 aromatic carbocycles. The predicted octanol–water partition coefficient (Wildman–Crippen LogP) is 5.02. The maximum atomic E-state index is 13.7. The molecule has 1 saturated carbocycles. The molecule has 0 radical (unpaired) electrons. The van der Waals surface area contributed by atoms with Crippen molar-refractivity contribution < 1.29 is 14.3 Å². The summed E-state index contributed by atoms with van der Waals surface area (Å²) >= 11 is 2.80. The lowest BCUT2D eigenvalue weighted by atomic mass is 10.1. The first-order chi connectivity index (χ1) is 17.6. The Kier molecular flexibility index (Phi) is 7.48. The van der Waals surface area contributed by atoms with Crippen molar-refractivity contribution in [3.63, 3.8) is 0 Å². The van der Waals surface area contributed by atoms with E-state index in [9.17, 15) is 9.59 Å². The molecular weight excluding hydrogens is 494 g/mol. The lowest BCUT2D eigenvalue weighted by Crippen LogP contribution is -2.34. The molecule has 0 atom stereocenters. The van der Waals surface area contributed by atoms with Crippen molar-refractivity contribution in [1.82, 2.24) is 14.9 Å². The molecule has 0 saturated heterocycles. The summed E-state index contributed by atoms with van der Waals surface area (Å²) in [7, 11) is 3.21. The maximum absolute atomic E-state index is 13.7. The number of thioether (sulfide) groups is 1. The highest BCUT2D eigenvalue weighted by Crippen LogP contribution is 2.32. The topological polar surface area (TPSA) is 82.5 Å². The van der Waals surface area contributed by atoms with Gasteiger partial charge in [-0.25, -0.2) is 4.98 Å². The van der Waals surface area contributed by atoms with E-state index in [0.717, 1.165) is 41.3 Å². The van der Waals surface area contributed by atoms with Crippen LogP contribution in [0.1, 0.15) is 31.2 Å². The summed E-state index contributed by atoms with van der Waals surface area (Å²) in [5, 5.41) is 4.67. The minimum atomic E-state index is -0.0691. The molecular formula is C27H29N3O4S2. The first-order valence-corrected chi connectivity index (χ1v) is 13.9. The number of benzene rings is 2. The van der Waals surface area contributed by atoms with Crippen molar-refractivity contribution in [2.75, 3.05) is 20.0 Å². The predicted molar refractivity (Wildman–Crippen MR) is 146 cm³/mol.